The zero-order chi connectivity index (χ0) is 10.4. The molecule has 78 valence electrons. The standard InChI is InChI=1S/C13H20O/c1-4-5-6-9-14-13-8-7-11(2)10-12(13)3/h7-8,10H,4-6,9H2,1-3H3. The van der Waals surface area contributed by atoms with Crippen molar-refractivity contribution in [2.45, 2.75) is 40.0 Å². The third kappa shape index (κ3) is 3.41. The number of rotatable bonds is 5. The fourth-order valence-electron chi connectivity index (χ4n) is 1.50. The quantitative estimate of drug-likeness (QED) is 0.643. The van der Waals surface area contributed by atoms with Crippen LogP contribution in [0.5, 0.6) is 5.75 Å². The normalized spacial score (nSPS) is 10.2. The van der Waals surface area contributed by atoms with E-state index in [2.05, 4.69) is 39.0 Å². The van der Waals surface area contributed by atoms with Gasteiger partial charge >= 0.3 is 0 Å². The minimum Gasteiger partial charge on any atom is -0.493 e. The van der Waals surface area contributed by atoms with Crippen LogP contribution in [-0.4, -0.2) is 6.61 Å². The molecule has 0 atom stereocenters. The molecule has 0 fully saturated rings. The van der Waals surface area contributed by atoms with E-state index in [0.717, 1.165) is 18.8 Å². The van der Waals surface area contributed by atoms with Crippen LogP contribution in [-0.2, 0) is 0 Å². The predicted molar refractivity (Wildman–Crippen MR) is 60.9 cm³/mol. The van der Waals surface area contributed by atoms with Gasteiger partial charge in [-0.25, -0.2) is 0 Å². The molecule has 0 aliphatic rings. The van der Waals surface area contributed by atoms with Crippen molar-refractivity contribution in [1.29, 1.82) is 0 Å². The Hall–Kier alpha value is -0.980. The molecule has 0 spiro atoms. The summed E-state index contributed by atoms with van der Waals surface area (Å²) in [7, 11) is 0. The minimum atomic E-state index is 0.845. The molecule has 0 saturated carbocycles. The second-order valence-corrected chi connectivity index (χ2v) is 3.82. The van der Waals surface area contributed by atoms with Gasteiger partial charge in [0.1, 0.15) is 5.75 Å². The molecule has 14 heavy (non-hydrogen) atoms. The molecule has 1 aromatic rings. The molecule has 0 aromatic heterocycles. The van der Waals surface area contributed by atoms with Gasteiger partial charge in [0.15, 0.2) is 0 Å². The summed E-state index contributed by atoms with van der Waals surface area (Å²) >= 11 is 0. The molecule has 0 heterocycles. The highest BCUT2D eigenvalue weighted by molar-refractivity contribution is 5.35. The molecule has 0 aliphatic carbocycles. The lowest BCUT2D eigenvalue weighted by atomic mass is 10.1. The van der Waals surface area contributed by atoms with Gasteiger partial charge in [0.05, 0.1) is 6.61 Å². The highest BCUT2D eigenvalue weighted by Crippen LogP contribution is 2.18. The molecule has 0 amide bonds. The van der Waals surface area contributed by atoms with E-state index in [4.69, 9.17) is 4.74 Å². The van der Waals surface area contributed by atoms with Gasteiger partial charge in [-0.2, -0.15) is 0 Å². The lowest BCUT2D eigenvalue weighted by molar-refractivity contribution is 0.304. The van der Waals surface area contributed by atoms with Crippen LogP contribution in [0.1, 0.15) is 37.3 Å². The number of hydrogen-bond acceptors (Lipinski definition) is 1. The summed E-state index contributed by atoms with van der Waals surface area (Å²) in [5.74, 6) is 1.03. The van der Waals surface area contributed by atoms with Gasteiger partial charge in [-0.05, 0) is 31.9 Å². The Kier molecular flexibility index (Phi) is 4.51. The maximum atomic E-state index is 5.69. The summed E-state index contributed by atoms with van der Waals surface area (Å²) in [6, 6.07) is 6.33. The van der Waals surface area contributed by atoms with Crippen molar-refractivity contribution in [2.24, 2.45) is 0 Å². The summed E-state index contributed by atoms with van der Waals surface area (Å²) in [4.78, 5) is 0. The van der Waals surface area contributed by atoms with Crippen molar-refractivity contribution in [3.05, 3.63) is 29.3 Å². The van der Waals surface area contributed by atoms with Gasteiger partial charge in [-0.1, -0.05) is 37.5 Å². The Morgan fingerprint density at radius 3 is 2.57 bits per heavy atom. The van der Waals surface area contributed by atoms with E-state index in [-0.39, 0.29) is 0 Å². The molecule has 1 nitrogen and oxygen atoms in total. The average Bonchev–Trinajstić information content (AvgIpc) is 2.15. The zero-order valence-electron chi connectivity index (χ0n) is 9.47. The maximum Gasteiger partial charge on any atom is 0.122 e. The first-order valence-electron chi connectivity index (χ1n) is 5.44. The van der Waals surface area contributed by atoms with Crippen LogP contribution in [0, 0.1) is 13.8 Å². The van der Waals surface area contributed by atoms with Crippen LogP contribution in [0.4, 0.5) is 0 Å². The molecule has 1 heteroatoms. The molecule has 0 aliphatic heterocycles. The van der Waals surface area contributed by atoms with E-state index >= 15 is 0 Å². The highest BCUT2D eigenvalue weighted by atomic mass is 16.5. The Morgan fingerprint density at radius 1 is 1.14 bits per heavy atom. The van der Waals surface area contributed by atoms with E-state index in [1.165, 1.54) is 24.0 Å². The number of hydrogen-bond donors (Lipinski definition) is 0. The first-order valence-corrected chi connectivity index (χ1v) is 5.44. The number of benzene rings is 1. The molecule has 0 radical (unpaired) electrons. The monoisotopic (exact) mass is 192 g/mol. The SMILES string of the molecule is CCCCCOc1ccc(C)cc1C. The van der Waals surface area contributed by atoms with Crippen LogP contribution in [0.3, 0.4) is 0 Å². The summed E-state index contributed by atoms with van der Waals surface area (Å²) < 4.78 is 5.69. The number of unbranched alkanes of at least 4 members (excludes halogenated alkanes) is 2. The molecule has 0 N–H and O–H groups in total. The van der Waals surface area contributed by atoms with Crippen molar-refractivity contribution in [1.82, 2.24) is 0 Å². The van der Waals surface area contributed by atoms with E-state index in [9.17, 15) is 0 Å². The molecule has 0 unspecified atom stereocenters. The van der Waals surface area contributed by atoms with E-state index in [1.807, 2.05) is 0 Å². The largest absolute Gasteiger partial charge is 0.493 e. The third-order valence-corrected chi connectivity index (χ3v) is 2.34. The van der Waals surface area contributed by atoms with Gasteiger partial charge < -0.3 is 4.74 Å². The van der Waals surface area contributed by atoms with Crippen LogP contribution in [0.15, 0.2) is 18.2 Å². The van der Waals surface area contributed by atoms with Crippen molar-refractivity contribution >= 4 is 0 Å². The number of aryl methyl sites for hydroxylation is 2. The Morgan fingerprint density at radius 2 is 1.93 bits per heavy atom. The van der Waals surface area contributed by atoms with Gasteiger partial charge in [0, 0.05) is 0 Å². The van der Waals surface area contributed by atoms with Gasteiger partial charge in [-0.3, -0.25) is 0 Å². The van der Waals surface area contributed by atoms with E-state index < -0.39 is 0 Å². The topological polar surface area (TPSA) is 9.23 Å². The van der Waals surface area contributed by atoms with Crippen molar-refractivity contribution < 1.29 is 4.74 Å². The Balaban J connectivity index is 2.42. The van der Waals surface area contributed by atoms with Gasteiger partial charge in [0.2, 0.25) is 0 Å². The molecule has 0 saturated heterocycles. The summed E-state index contributed by atoms with van der Waals surface area (Å²) in [6.45, 7) is 7.25. The first kappa shape index (κ1) is 11.1. The summed E-state index contributed by atoms with van der Waals surface area (Å²) in [6.07, 6.45) is 3.66. The molecule has 0 bridgehead atoms. The highest BCUT2D eigenvalue weighted by Gasteiger charge is 1.98. The van der Waals surface area contributed by atoms with Gasteiger partial charge in [0.25, 0.3) is 0 Å². The maximum absolute atomic E-state index is 5.69. The molecule has 1 rings (SSSR count). The van der Waals surface area contributed by atoms with Crippen LogP contribution >= 0.6 is 0 Å². The van der Waals surface area contributed by atoms with Crippen LogP contribution in [0.2, 0.25) is 0 Å². The van der Waals surface area contributed by atoms with Crippen LogP contribution < -0.4 is 4.74 Å². The summed E-state index contributed by atoms with van der Waals surface area (Å²) in [5, 5.41) is 0. The van der Waals surface area contributed by atoms with Crippen molar-refractivity contribution in [3.63, 3.8) is 0 Å². The second-order valence-electron chi connectivity index (χ2n) is 3.82. The summed E-state index contributed by atoms with van der Waals surface area (Å²) in [5.41, 5.74) is 2.53. The van der Waals surface area contributed by atoms with E-state index in [0.29, 0.717) is 0 Å². The fraction of sp³-hybridized carbons (Fsp3) is 0.538. The van der Waals surface area contributed by atoms with Gasteiger partial charge in [-0.15, -0.1) is 0 Å². The Bertz CT molecular complexity index is 279. The van der Waals surface area contributed by atoms with Crippen molar-refractivity contribution in [2.75, 3.05) is 6.61 Å². The fourth-order valence-corrected chi connectivity index (χ4v) is 1.50. The third-order valence-electron chi connectivity index (χ3n) is 2.34. The molecular formula is C13H20O. The Labute approximate surface area is 87.1 Å². The lowest BCUT2D eigenvalue weighted by Crippen LogP contribution is -1.98. The minimum absolute atomic E-state index is 0.845. The predicted octanol–water partition coefficient (Wildman–Crippen LogP) is 3.87. The van der Waals surface area contributed by atoms with E-state index in [1.54, 1.807) is 0 Å². The lowest BCUT2D eigenvalue weighted by Gasteiger charge is -2.09. The van der Waals surface area contributed by atoms with Crippen LogP contribution in [0.25, 0.3) is 0 Å². The molecular weight excluding hydrogens is 172 g/mol. The molecule has 1 aromatic carbocycles. The second kappa shape index (κ2) is 5.69. The average molecular weight is 192 g/mol. The number of ether oxygens (including phenoxy) is 1. The van der Waals surface area contributed by atoms with Crippen molar-refractivity contribution in [3.8, 4) is 5.75 Å². The zero-order valence-corrected chi connectivity index (χ0v) is 9.47. The first-order chi connectivity index (χ1) is 6.74. The smallest absolute Gasteiger partial charge is 0.122 e.